The lowest BCUT2D eigenvalue weighted by Crippen LogP contribution is -2.58. The van der Waals surface area contributed by atoms with Crippen LogP contribution >= 0.6 is 0 Å². The third-order valence-corrected chi connectivity index (χ3v) is 5.74. The highest BCUT2D eigenvalue weighted by Crippen LogP contribution is 2.47. The van der Waals surface area contributed by atoms with Crippen LogP contribution in [0.2, 0.25) is 0 Å². The van der Waals surface area contributed by atoms with Gasteiger partial charge in [-0.2, -0.15) is 0 Å². The molecule has 0 fully saturated rings. The fourth-order valence-electron chi connectivity index (χ4n) is 3.52. The Balaban J connectivity index is 2.03. The van der Waals surface area contributed by atoms with Crippen LogP contribution in [0, 0.1) is 11.2 Å². The summed E-state index contributed by atoms with van der Waals surface area (Å²) in [5, 5.41) is 3.34. The van der Waals surface area contributed by atoms with Crippen molar-refractivity contribution in [1.29, 1.82) is 0 Å². The van der Waals surface area contributed by atoms with Gasteiger partial charge in [0.1, 0.15) is 11.4 Å². The van der Waals surface area contributed by atoms with E-state index >= 15 is 0 Å². The second kappa shape index (κ2) is 6.89. The third-order valence-electron chi connectivity index (χ3n) is 5.74. The molecule has 3 N–H and O–H groups in total. The van der Waals surface area contributed by atoms with E-state index in [0.717, 1.165) is 5.69 Å². The number of nitrogens with two attached hydrogens (primary N) is 1. The monoisotopic (exact) mass is 383 g/mol. The molecule has 2 heterocycles. The summed E-state index contributed by atoms with van der Waals surface area (Å²) in [6, 6.07) is 10.4. The van der Waals surface area contributed by atoms with Gasteiger partial charge in [0.2, 0.25) is 5.91 Å². The minimum absolute atomic E-state index is 0.0754. The summed E-state index contributed by atoms with van der Waals surface area (Å²) in [4.78, 5) is 23.0. The van der Waals surface area contributed by atoms with Crippen molar-refractivity contribution in [3.8, 4) is 0 Å². The first kappa shape index (κ1) is 19.8. The molecule has 148 valence electrons. The van der Waals surface area contributed by atoms with Crippen LogP contribution in [-0.2, 0) is 10.3 Å². The lowest BCUT2D eigenvalue weighted by atomic mass is 9.67. The summed E-state index contributed by atoms with van der Waals surface area (Å²) in [5.74, 6) is -0.561. The lowest BCUT2D eigenvalue weighted by molar-refractivity contribution is -0.140. The van der Waals surface area contributed by atoms with E-state index < -0.39 is 16.8 Å². The van der Waals surface area contributed by atoms with Crippen molar-refractivity contribution in [2.75, 3.05) is 12.4 Å². The number of hydrogen-bond donors (Lipinski definition) is 2. The van der Waals surface area contributed by atoms with Crippen molar-refractivity contribution in [2.24, 2.45) is 16.1 Å². The van der Waals surface area contributed by atoms with E-state index in [2.05, 4.69) is 15.3 Å². The average Bonchev–Trinajstić information content (AvgIpc) is 2.67. The highest BCUT2D eigenvalue weighted by molar-refractivity contribution is 6.01. The number of anilines is 1. The van der Waals surface area contributed by atoms with Gasteiger partial charge in [-0.1, -0.05) is 6.07 Å². The standard InChI is InChI=1S/C21H26FN5O/c1-13(17-8-6-7-11-24-17)25-14-9-10-16(22)15(12-14)21(4)20(2,3)18(28)27(5)19(23)26-21/h6-13,25H,1-5H3,(H2,23,26)/t13?,21-/m1/s1. The zero-order valence-electron chi connectivity index (χ0n) is 16.8. The number of rotatable bonds is 4. The summed E-state index contributed by atoms with van der Waals surface area (Å²) in [6.45, 7) is 7.25. The summed E-state index contributed by atoms with van der Waals surface area (Å²) >= 11 is 0. The molecular weight excluding hydrogens is 357 g/mol. The highest BCUT2D eigenvalue weighted by atomic mass is 19.1. The Morgan fingerprint density at radius 2 is 1.93 bits per heavy atom. The Morgan fingerprint density at radius 3 is 2.57 bits per heavy atom. The van der Waals surface area contributed by atoms with Gasteiger partial charge in [-0.15, -0.1) is 0 Å². The van der Waals surface area contributed by atoms with Crippen LogP contribution in [0.15, 0.2) is 47.6 Å². The highest BCUT2D eigenvalue weighted by Gasteiger charge is 2.53. The third kappa shape index (κ3) is 3.10. The number of carbonyl (C=O) groups is 1. The lowest BCUT2D eigenvalue weighted by Gasteiger charge is -2.46. The number of guanidine groups is 1. The van der Waals surface area contributed by atoms with E-state index in [9.17, 15) is 9.18 Å². The maximum atomic E-state index is 14.9. The minimum Gasteiger partial charge on any atom is -0.377 e. The summed E-state index contributed by atoms with van der Waals surface area (Å²) in [6.07, 6.45) is 1.73. The zero-order chi connectivity index (χ0) is 20.7. The molecule has 0 aliphatic carbocycles. The molecule has 2 aromatic rings. The van der Waals surface area contributed by atoms with Gasteiger partial charge in [-0.25, -0.2) is 9.38 Å². The molecule has 0 saturated heterocycles. The number of benzene rings is 1. The van der Waals surface area contributed by atoms with Gasteiger partial charge in [-0.3, -0.25) is 14.7 Å². The first-order chi connectivity index (χ1) is 13.1. The Bertz CT molecular complexity index is 928. The fourth-order valence-corrected chi connectivity index (χ4v) is 3.52. The first-order valence-corrected chi connectivity index (χ1v) is 9.19. The molecule has 6 nitrogen and oxygen atoms in total. The van der Waals surface area contributed by atoms with E-state index in [1.54, 1.807) is 46.1 Å². The number of aromatic nitrogens is 1. The van der Waals surface area contributed by atoms with Crippen molar-refractivity contribution in [3.63, 3.8) is 0 Å². The smallest absolute Gasteiger partial charge is 0.237 e. The van der Waals surface area contributed by atoms with E-state index in [-0.39, 0.29) is 17.9 Å². The van der Waals surface area contributed by atoms with Gasteiger partial charge >= 0.3 is 0 Å². The van der Waals surface area contributed by atoms with Crippen molar-refractivity contribution < 1.29 is 9.18 Å². The number of amides is 1. The number of nitrogens with one attached hydrogen (secondary N) is 1. The topological polar surface area (TPSA) is 83.6 Å². The molecule has 1 amide bonds. The van der Waals surface area contributed by atoms with Gasteiger partial charge in [0.15, 0.2) is 5.96 Å². The maximum absolute atomic E-state index is 14.9. The first-order valence-electron chi connectivity index (χ1n) is 9.19. The van der Waals surface area contributed by atoms with E-state index in [1.165, 1.54) is 11.0 Å². The van der Waals surface area contributed by atoms with Crippen molar-refractivity contribution in [2.45, 2.75) is 39.3 Å². The molecule has 28 heavy (non-hydrogen) atoms. The van der Waals surface area contributed by atoms with Crippen LogP contribution < -0.4 is 11.1 Å². The zero-order valence-corrected chi connectivity index (χ0v) is 16.8. The normalized spacial score (nSPS) is 22.6. The van der Waals surface area contributed by atoms with Crippen molar-refractivity contribution >= 4 is 17.6 Å². The Morgan fingerprint density at radius 1 is 1.21 bits per heavy atom. The van der Waals surface area contributed by atoms with Crippen LogP contribution in [0.5, 0.6) is 0 Å². The van der Waals surface area contributed by atoms with Gasteiger partial charge in [-0.05, 0) is 58.0 Å². The Hall–Kier alpha value is -2.96. The van der Waals surface area contributed by atoms with Crippen LogP contribution in [-0.4, -0.2) is 28.8 Å². The number of halogens is 1. The molecule has 0 radical (unpaired) electrons. The summed E-state index contributed by atoms with van der Waals surface area (Å²) in [7, 11) is 1.57. The van der Waals surface area contributed by atoms with Crippen LogP contribution in [0.25, 0.3) is 0 Å². The van der Waals surface area contributed by atoms with Crippen LogP contribution in [0.3, 0.4) is 0 Å². The second-order valence-electron chi connectivity index (χ2n) is 7.85. The predicted molar refractivity (Wildman–Crippen MR) is 108 cm³/mol. The number of aliphatic imine (C=N–C) groups is 1. The van der Waals surface area contributed by atoms with Gasteiger partial charge in [0, 0.05) is 24.5 Å². The molecule has 0 saturated carbocycles. The molecule has 7 heteroatoms. The molecule has 1 aromatic carbocycles. The maximum Gasteiger partial charge on any atom is 0.237 e. The largest absolute Gasteiger partial charge is 0.377 e. The van der Waals surface area contributed by atoms with E-state index in [0.29, 0.717) is 11.3 Å². The average molecular weight is 383 g/mol. The van der Waals surface area contributed by atoms with Crippen molar-refractivity contribution in [3.05, 3.63) is 59.7 Å². The molecule has 1 aliphatic rings. The molecule has 1 aliphatic heterocycles. The Kier molecular flexibility index (Phi) is 4.87. The Labute approximate surface area is 164 Å². The quantitative estimate of drug-likeness (QED) is 0.847. The van der Waals surface area contributed by atoms with Crippen molar-refractivity contribution in [1.82, 2.24) is 9.88 Å². The molecule has 0 bridgehead atoms. The molecule has 1 aromatic heterocycles. The summed E-state index contributed by atoms with van der Waals surface area (Å²) in [5.41, 5.74) is 5.74. The molecule has 0 spiro atoms. The SMILES string of the molecule is CC(Nc1ccc(F)c([C@@]2(C)N=C(N)N(C)C(=O)C2(C)C)c1)c1ccccn1. The molecule has 3 rings (SSSR count). The number of pyridine rings is 1. The number of nitrogens with zero attached hydrogens (tertiary/aromatic N) is 3. The number of carbonyl (C=O) groups excluding carboxylic acids is 1. The predicted octanol–water partition coefficient (Wildman–Crippen LogP) is 3.42. The molecule has 2 atom stereocenters. The van der Waals surface area contributed by atoms with Crippen LogP contribution in [0.1, 0.15) is 45.0 Å². The fraction of sp³-hybridized carbons (Fsp3) is 0.381. The number of hydrogen-bond acceptors (Lipinski definition) is 5. The molecule has 1 unspecified atom stereocenters. The van der Waals surface area contributed by atoms with Gasteiger partial charge in [0.25, 0.3) is 0 Å². The second-order valence-corrected chi connectivity index (χ2v) is 7.85. The van der Waals surface area contributed by atoms with Crippen LogP contribution in [0.4, 0.5) is 10.1 Å². The van der Waals surface area contributed by atoms with E-state index in [4.69, 9.17) is 5.73 Å². The molecular formula is C21H26FN5O. The van der Waals surface area contributed by atoms with E-state index in [1.807, 2.05) is 25.1 Å². The van der Waals surface area contributed by atoms with Gasteiger partial charge in [0.05, 0.1) is 17.2 Å². The summed E-state index contributed by atoms with van der Waals surface area (Å²) < 4.78 is 14.9. The van der Waals surface area contributed by atoms with Gasteiger partial charge < -0.3 is 11.1 Å². The minimum atomic E-state index is -1.14.